The second kappa shape index (κ2) is 5.97. The van der Waals surface area contributed by atoms with E-state index in [9.17, 15) is 19.8 Å². The van der Waals surface area contributed by atoms with Gasteiger partial charge in [-0.25, -0.2) is 9.59 Å². The van der Waals surface area contributed by atoms with Gasteiger partial charge in [0.2, 0.25) is 5.60 Å². The van der Waals surface area contributed by atoms with Crippen LogP contribution >= 0.6 is 0 Å². The molecule has 0 amide bonds. The normalized spacial score (nSPS) is 18.1. The predicted octanol–water partition coefficient (Wildman–Crippen LogP) is 0.608. The molecule has 0 aliphatic heterocycles. The molecule has 0 aliphatic rings. The summed E-state index contributed by atoms with van der Waals surface area (Å²) in [7, 11) is 0. The van der Waals surface area contributed by atoms with Crippen molar-refractivity contribution in [3.05, 3.63) is 0 Å². The average molecular weight is 248 g/mol. The molecule has 2 atom stereocenters. The summed E-state index contributed by atoms with van der Waals surface area (Å²) in [6, 6.07) is 0. The highest BCUT2D eigenvalue weighted by molar-refractivity contribution is 5.90. The SMILES string of the molecule is CCCCCC[C@](O)(C(=O)O)[C@](C)(O)C(=O)O. The molecular formula is C11H20O6. The summed E-state index contributed by atoms with van der Waals surface area (Å²) < 4.78 is 0. The first kappa shape index (κ1) is 15.9. The largest absolute Gasteiger partial charge is 0.479 e. The van der Waals surface area contributed by atoms with E-state index in [1.807, 2.05) is 6.92 Å². The fourth-order valence-corrected chi connectivity index (χ4v) is 1.54. The van der Waals surface area contributed by atoms with Crippen molar-refractivity contribution in [2.75, 3.05) is 0 Å². The van der Waals surface area contributed by atoms with Crippen LogP contribution < -0.4 is 0 Å². The van der Waals surface area contributed by atoms with Gasteiger partial charge >= 0.3 is 11.9 Å². The number of hydrogen-bond acceptors (Lipinski definition) is 4. The van der Waals surface area contributed by atoms with Gasteiger partial charge in [-0.1, -0.05) is 26.2 Å². The smallest absolute Gasteiger partial charge is 0.339 e. The van der Waals surface area contributed by atoms with Crippen molar-refractivity contribution >= 4 is 11.9 Å². The highest BCUT2D eigenvalue weighted by Gasteiger charge is 2.56. The molecule has 0 fully saturated rings. The van der Waals surface area contributed by atoms with E-state index >= 15 is 0 Å². The first-order valence-corrected chi connectivity index (χ1v) is 5.61. The molecule has 0 aromatic heterocycles. The topological polar surface area (TPSA) is 115 Å². The molecule has 17 heavy (non-hydrogen) atoms. The Morgan fingerprint density at radius 1 is 1.00 bits per heavy atom. The highest BCUT2D eigenvalue weighted by Crippen LogP contribution is 2.29. The van der Waals surface area contributed by atoms with Gasteiger partial charge < -0.3 is 20.4 Å². The summed E-state index contributed by atoms with van der Waals surface area (Å²) in [4.78, 5) is 21.8. The van der Waals surface area contributed by atoms with Gasteiger partial charge in [0.25, 0.3) is 0 Å². The number of hydrogen-bond donors (Lipinski definition) is 4. The van der Waals surface area contributed by atoms with Crippen molar-refractivity contribution in [2.45, 2.75) is 57.2 Å². The summed E-state index contributed by atoms with van der Waals surface area (Å²) in [6.07, 6.45) is 2.54. The number of aliphatic hydroxyl groups is 2. The minimum atomic E-state index is -2.70. The monoisotopic (exact) mass is 248 g/mol. The Bertz CT molecular complexity index is 286. The van der Waals surface area contributed by atoms with Gasteiger partial charge in [-0.15, -0.1) is 0 Å². The van der Waals surface area contributed by atoms with Crippen LogP contribution in [-0.2, 0) is 9.59 Å². The van der Waals surface area contributed by atoms with E-state index in [2.05, 4.69) is 0 Å². The van der Waals surface area contributed by atoms with E-state index < -0.39 is 23.1 Å². The molecule has 0 unspecified atom stereocenters. The molecule has 0 bridgehead atoms. The molecule has 0 spiro atoms. The quantitative estimate of drug-likeness (QED) is 0.468. The van der Waals surface area contributed by atoms with E-state index in [0.717, 1.165) is 19.8 Å². The van der Waals surface area contributed by atoms with E-state index in [0.29, 0.717) is 12.8 Å². The molecule has 0 saturated carbocycles. The van der Waals surface area contributed by atoms with E-state index in [1.54, 1.807) is 0 Å². The van der Waals surface area contributed by atoms with Crippen LogP contribution in [0.4, 0.5) is 0 Å². The van der Waals surface area contributed by atoms with Crippen molar-refractivity contribution in [1.82, 2.24) is 0 Å². The lowest BCUT2D eigenvalue weighted by molar-refractivity contribution is -0.204. The lowest BCUT2D eigenvalue weighted by Gasteiger charge is -2.34. The Labute approximate surface area is 99.9 Å². The summed E-state index contributed by atoms with van der Waals surface area (Å²) in [5.41, 5.74) is -5.36. The molecule has 0 rings (SSSR count). The van der Waals surface area contributed by atoms with Crippen molar-refractivity contribution in [1.29, 1.82) is 0 Å². The Balaban J connectivity index is 4.80. The van der Waals surface area contributed by atoms with Crippen molar-refractivity contribution in [2.24, 2.45) is 0 Å². The van der Waals surface area contributed by atoms with Crippen LogP contribution in [0.2, 0.25) is 0 Å². The van der Waals surface area contributed by atoms with Crippen LogP contribution in [0.25, 0.3) is 0 Å². The van der Waals surface area contributed by atoms with Crippen LogP contribution in [0.15, 0.2) is 0 Å². The van der Waals surface area contributed by atoms with Crippen molar-refractivity contribution in [3.63, 3.8) is 0 Å². The third-order valence-corrected chi connectivity index (χ3v) is 2.97. The van der Waals surface area contributed by atoms with Crippen molar-refractivity contribution < 1.29 is 30.0 Å². The number of aliphatic carboxylic acids is 2. The van der Waals surface area contributed by atoms with Gasteiger partial charge in [0, 0.05) is 0 Å². The minimum Gasteiger partial charge on any atom is -0.479 e. The molecule has 0 aromatic carbocycles. The molecule has 0 aromatic rings. The third kappa shape index (κ3) is 3.41. The van der Waals surface area contributed by atoms with Gasteiger partial charge in [-0.2, -0.15) is 0 Å². The molecule has 100 valence electrons. The fraction of sp³-hybridized carbons (Fsp3) is 0.818. The van der Waals surface area contributed by atoms with Crippen LogP contribution in [0, 0.1) is 0 Å². The molecule has 6 nitrogen and oxygen atoms in total. The lowest BCUT2D eigenvalue weighted by atomic mass is 9.80. The summed E-state index contributed by atoms with van der Waals surface area (Å²) >= 11 is 0. The van der Waals surface area contributed by atoms with Crippen LogP contribution in [0.5, 0.6) is 0 Å². The van der Waals surface area contributed by atoms with E-state index in [4.69, 9.17) is 10.2 Å². The van der Waals surface area contributed by atoms with Crippen LogP contribution in [0.3, 0.4) is 0 Å². The average Bonchev–Trinajstić information content (AvgIpc) is 2.23. The molecule has 6 heteroatoms. The maximum absolute atomic E-state index is 11.0. The fourth-order valence-electron chi connectivity index (χ4n) is 1.54. The van der Waals surface area contributed by atoms with E-state index in [-0.39, 0.29) is 6.42 Å². The molecule has 4 N–H and O–H groups in total. The Morgan fingerprint density at radius 2 is 1.53 bits per heavy atom. The standard InChI is InChI=1S/C11H20O6/c1-3-4-5-6-7-11(17,9(14)15)10(2,16)8(12)13/h16-17H,3-7H2,1-2H3,(H,12,13)(H,14,15)/t10-,11+/m1/s1. The number of carbonyl (C=O) groups is 2. The maximum atomic E-state index is 11.0. The molecule has 0 aliphatic carbocycles. The van der Waals surface area contributed by atoms with Gasteiger partial charge in [0.15, 0.2) is 5.60 Å². The van der Waals surface area contributed by atoms with Crippen LogP contribution in [0.1, 0.15) is 46.0 Å². The predicted molar refractivity (Wildman–Crippen MR) is 59.6 cm³/mol. The van der Waals surface area contributed by atoms with Gasteiger partial charge in [0.1, 0.15) is 0 Å². The number of carboxylic acids is 2. The first-order chi connectivity index (χ1) is 7.70. The molecule has 0 radical (unpaired) electrons. The summed E-state index contributed by atoms with van der Waals surface area (Å²) in [5.74, 6) is -3.47. The van der Waals surface area contributed by atoms with Gasteiger partial charge in [-0.05, 0) is 19.8 Å². The molecule has 0 heterocycles. The lowest BCUT2D eigenvalue weighted by Crippen LogP contribution is -2.62. The summed E-state index contributed by atoms with van der Waals surface area (Å²) in [6.45, 7) is 2.76. The zero-order valence-electron chi connectivity index (χ0n) is 10.1. The van der Waals surface area contributed by atoms with Gasteiger partial charge in [-0.3, -0.25) is 0 Å². The van der Waals surface area contributed by atoms with Gasteiger partial charge in [0.05, 0.1) is 0 Å². The second-order valence-electron chi connectivity index (χ2n) is 4.35. The Kier molecular flexibility index (Phi) is 5.57. The zero-order valence-corrected chi connectivity index (χ0v) is 10.1. The first-order valence-electron chi connectivity index (χ1n) is 5.61. The third-order valence-electron chi connectivity index (χ3n) is 2.97. The minimum absolute atomic E-state index is 0.290. The number of unbranched alkanes of at least 4 members (excludes halogenated alkanes) is 3. The van der Waals surface area contributed by atoms with Crippen molar-refractivity contribution in [3.8, 4) is 0 Å². The second-order valence-corrected chi connectivity index (χ2v) is 4.35. The number of rotatable bonds is 8. The zero-order chi connectivity index (χ0) is 13.7. The molecular weight excluding hydrogens is 228 g/mol. The summed E-state index contributed by atoms with van der Waals surface area (Å²) in [5, 5.41) is 37.1. The maximum Gasteiger partial charge on any atom is 0.339 e. The Hall–Kier alpha value is -1.14. The Morgan fingerprint density at radius 3 is 1.88 bits per heavy atom. The highest BCUT2D eigenvalue weighted by atomic mass is 16.5. The van der Waals surface area contributed by atoms with Crippen LogP contribution in [-0.4, -0.2) is 43.6 Å². The van der Waals surface area contributed by atoms with E-state index in [1.165, 1.54) is 0 Å². The molecule has 0 saturated heterocycles. The number of carboxylic acid groups (broad SMARTS) is 2.